The summed E-state index contributed by atoms with van der Waals surface area (Å²) in [5.41, 5.74) is 8.89. The molecule has 3 nitrogen and oxygen atoms in total. The number of phenols is 1. The predicted molar refractivity (Wildman–Crippen MR) is 81.1 cm³/mol. The Morgan fingerprint density at radius 3 is 2.55 bits per heavy atom. The zero-order valence-electron chi connectivity index (χ0n) is 11.0. The van der Waals surface area contributed by atoms with Gasteiger partial charge in [0.1, 0.15) is 5.75 Å². The van der Waals surface area contributed by atoms with Crippen LogP contribution < -0.4 is 5.73 Å². The zero-order valence-corrected chi connectivity index (χ0v) is 11.8. The summed E-state index contributed by atoms with van der Waals surface area (Å²) in [7, 11) is 0. The van der Waals surface area contributed by atoms with Crippen LogP contribution in [0, 0.1) is 0 Å². The molecule has 0 saturated carbocycles. The van der Waals surface area contributed by atoms with Crippen molar-refractivity contribution in [3.05, 3.63) is 65.2 Å². The number of hydrogen-bond acceptors (Lipinski definition) is 3. The van der Waals surface area contributed by atoms with E-state index in [1.807, 2.05) is 42.5 Å². The van der Waals surface area contributed by atoms with Gasteiger partial charge in [-0.2, -0.15) is 0 Å². The summed E-state index contributed by atoms with van der Waals surface area (Å²) in [6.45, 7) is 0.416. The van der Waals surface area contributed by atoms with E-state index in [0.717, 1.165) is 16.7 Å². The number of phenolic OH excluding ortho intramolecular Hbond substituents is 1. The molecule has 106 valence electrons. The maximum atomic E-state index is 10.0. The normalized spacial score (nSPS) is 20.9. The number of ether oxygens (including phenoxy) is 1. The van der Waals surface area contributed by atoms with Gasteiger partial charge in [-0.25, -0.2) is 0 Å². The molecule has 20 heavy (non-hydrogen) atoms. The first kappa shape index (κ1) is 14.9. The van der Waals surface area contributed by atoms with Crippen molar-refractivity contribution in [3.63, 3.8) is 0 Å². The van der Waals surface area contributed by atoms with Gasteiger partial charge in [0, 0.05) is 18.5 Å². The van der Waals surface area contributed by atoms with Crippen molar-refractivity contribution in [1.82, 2.24) is 0 Å². The molecule has 0 aromatic heterocycles. The van der Waals surface area contributed by atoms with Gasteiger partial charge in [0.2, 0.25) is 0 Å². The van der Waals surface area contributed by atoms with Crippen LogP contribution in [0.25, 0.3) is 0 Å². The Hall–Kier alpha value is -1.55. The Kier molecular flexibility index (Phi) is 4.65. The van der Waals surface area contributed by atoms with Crippen LogP contribution in [-0.2, 0) is 11.2 Å². The molecule has 2 unspecified atom stereocenters. The lowest BCUT2D eigenvalue weighted by Gasteiger charge is -2.32. The Morgan fingerprint density at radius 2 is 1.85 bits per heavy atom. The van der Waals surface area contributed by atoms with Crippen LogP contribution in [0.1, 0.15) is 28.9 Å². The molecule has 2 aromatic carbocycles. The lowest BCUT2D eigenvalue weighted by Crippen LogP contribution is -2.25. The van der Waals surface area contributed by atoms with Gasteiger partial charge < -0.3 is 15.6 Å². The maximum absolute atomic E-state index is 10.0. The van der Waals surface area contributed by atoms with E-state index in [1.54, 1.807) is 6.07 Å². The molecule has 4 heteroatoms. The fourth-order valence-corrected chi connectivity index (χ4v) is 2.67. The zero-order chi connectivity index (χ0) is 13.2. The molecule has 1 aliphatic heterocycles. The second-order valence-electron chi connectivity index (χ2n) is 4.81. The fraction of sp³-hybridized carbons (Fsp3) is 0.250. The predicted octanol–water partition coefficient (Wildman–Crippen LogP) is 3.13. The molecular formula is C16H18ClNO2. The lowest BCUT2D eigenvalue weighted by atomic mass is 9.90. The highest BCUT2D eigenvalue weighted by atomic mass is 35.5. The third kappa shape index (κ3) is 2.66. The smallest absolute Gasteiger partial charge is 0.119 e. The molecule has 0 fully saturated rings. The van der Waals surface area contributed by atoms with Crippen LogP contribution in [0.2, 0.25) is 0 Å². The molecule has 0 amide bonds. The molecule has 3 rings (SSSR count). The first-order valence-corrected chi connectivity index (χ1v) is 6.51. The van der Waals surface area contributed by atoms with Gasteiger partial charge in [-0.3, -0.25) is 0 Å². The summed E-state index contributed by atoms with van der Waals surface area (Å²) >= 11 is 0. The highest BCUT2D eigenvalue weighted by Crippen LogP contribution is 2.40. The van der Waals surface area contributed by atoms with Crippen molar-refractivity contribution in [3.8, 4) is 5.75 Å². The Balaban J connectivity index is 0.00000147. The summed E-state index contributed by atoms with van der Waals surface area (Å²) in [5, 5.41) is 10.0. The van der Waals surface area contributed by atoms with E-state index in [2.05, 4.69) is 0 Å². The van der Waals surface area contributed by atoms with E-state index in [0.29, 0.717) is 18.7 Å². The van der Waals surface area contributed by atoms with Gasteiger partial charge in [-0.05, 0) is 17.2 Å². The number of aromatic hydroxyl groups is 1. The first-order chi connectivity index (χ1) is 9.29. The van der Waals surface area contributed by atoms with Crippen LogP contribution >= 0.6 is 12.4 Å². The van der Waals surface area contributed by atoms with Crippen molar-refractivity contribution >= 4 is 12.4 Å². The summed E-state index contributed by atoms with van der Waals surface area (Å²) in [4.78, 5) is 0. The third-order valence-corrected chi connectivity index (χ3v) is 3.64. The van der Waals surface area contributed by atoms with E-state index in [9.17, 15) is 5.11 Å². The number of fused-ring (bicyclic) bond motifs is 1. The molecule has 2 atom stereocenters. The number of hydrogen-bond donors (Lipinski definition) is 2. The highest BCUT2D eigenvalue weighted by Gasteiger charge is 2.29. The molecule has 0 saturated heterocycles. The minimum atomic E-state index is -0.152. The molecule has 0 radical (unpaired) electrons. The van der Waals surface area contributed by atoms with Crippen LogP contribution in [0.5, 0.6) is 5.75 Å². The highest BCUT2D eigenvalue weighted by molar-refractivity contribution is 5.85. The van der Waals surface area contributed by atoms with E-state index in [4.69, 9.17) is 10.5 Å². The van der Waals surface area contributed by atoms with Crippen LogP contribution in [0.15, 0.2) is 48.5 Å². The summed E-state index contributed by atoms with van der Waals surface area (Å²) in [6, 6.07) is 15.6. The monoisotopic (exact) mass is 291 g/mol. The number of benzene rings is 2. The quantitative estimate of drug-likeness (QED) is 0.894. The van der Waals surface area contributed by atoms with E-state index in [-0.39, 0.29) is 24.6 Å². The van der Waals surface area contributed by atoms with Gasteiger partial charge >= 0.3 is 0 Å². The summed E-state index contributed by atoms with van der Waals surface area (Å²) in [5.74, 6) is 0.334. The molecule has 3 N–H and O–H groups in total. The van der Waals surface area contributed by atoms with Crippen molar-refractivity contribution in [2.75, 3.05) is 6.54 Å². The molecule has 1 heterocycles. The van der Waals surface area contributed by atoms with Gasteiger partial charge in [-0.15, -0.1) is 12.4 Å². The minimum Gasteiger partial charge on any atom is -0.508 e. The van der Waals surface area contributed by atoms with E-state index >= 15 is 0 Å². The van der Waals surface area contributed by atoms with Crippen molar-refractivity contribution in [1.29, 1.82) is 0 Å². The van der Waals surface area contributed by atoms with Crippen molar-refractivity contribution < 1.29 is 9.84 Å². The van der Waals surface area contributed by atoms with Crippen LogP contribution in [0.4, 0.5) is 0 Å². The number of nitrogens with two attached hydrogens (primary N) is 1. The SMILES string of the molecule is Cl.NCC1OC(c2ccccc2)Cc2c(O)cccc21. The molecule has 2 aromatic rings. The molecule has 0 spiro atoms. The average Bonchev–Trinajstić information content (AvgIpc) is 2.48. The Labute approximate surface area is 124 Å². The maximum Gasteiger partial charge on any atom is 0.119 e. The van der Waals surface area contributed by atoms with Gasteiger partial charge in [0.15, 0.2) is 0 Å². The summed E-state index contributed by atoms with van der Waals surface area (Å²) in [6.07, 6.45) is 0.485. The molecule has 0 bridgehead atoms. The lowest BCUT2D eigenvalue weighted by molar-refractivity contribution is -0.0229. The van der Waals surface area contributed by atoms with Gasteiger partial charge in [0.05, 0.1) is 12.2 Å². The molecule has 1 aliphatic rings. The number of halogens is 1. The van der Waals surface area contributed by atoms with Gasteiger partial charge in [-0.1, -0.05) is 42.5 Å². The third-order valence-electron chi connectivity index (χ3n) is 3.64. The summed E-state index contributed by atoms with van der Waals surface area (Å²) < 4.78 is 6.07. The van der Waals surface area contributed by atoms with Crippen LogP contribution in [0.3, 0.4) is 0 Å². The second-order valence-corrected chi connectivity index (χ2v) is 4.81. The largest absolute Gasteiger partial charge is 0.508 e. The average molecular weight is 292 g/mol. The van der Waals surface area contributed by atoms with E-state index in [1.165, 1.54) is 0 Å². The second kappa shape index (κ2) is 6.27. The standard InChI is InChI=1S/C16H17NO2.ClH/c17-10-16-12-7-4-8-14(18)13(12)9-15(19-16)11-5-2-1-3-6-11;/h1-8,15-16,18H,9-10,17H2;1H. The van der Waals surface area contributed by atoms with Gasteiger partial charge in [0.25, 0.3) is 0 Å². The van der Waals surface area contributed by atoms with E-state index < -0.39 is 0 Å². The van der Waals surface area contributed by atoms with Crippen molar-refractivity contribution in [2.45, 2.75) is 18.6 Å². The minimum absolute atomic E-state index is 0. The molecule has 0 aliphatic carbocycles. The first-order valence-electron chi connectivity index (χ1n) is 6.51. The molecular weight excluding hydrogens is 274 g/mol. The topological polar surface area (TPSA) is 55.5 Å². The Bertz CT molecular complexity index is 574. The van der Waals surface area contributed by atoms with Crippen molar-refractivity contribution in [2.24, 2.45) is 5.73 Å². The Morgan fingerprint density at radius 1 is 1.10 bits per heavy atom. The number of rotatable bonds is 2. The van der Waals surface area contributed by atoms with Crippen LogP contribution in [-0.4, -0.2) is 11.7 Å². The fourth-order valence-electron chi connectivity index (χ4n) is 2.67.